The van der Waals surface area contributed by atoms with Crippen LogP contribution in [0, 0.1) is 10.1 Å². The van der Waals surface area contributed by atoms with Crippen LogP contribution in [-0.2, 0) is 23.1 Å². The molecule has 44 heavy (non-hydrogen) atoms. The van der Waals surface area contributed by atoms with E-state index in [4.69, 9.17) is 9.15 Å². The van der Waals surface area contributed by atoms with Crippen LogP contribution in [0.5, 0.6) is 0 Å². The number of pyridine rings is 1. The summed E-state index contributed by atoms with van der Waals surface area (Å²) < 4.78 is 97.8. The molecule has 0 saturated carbocycles. The minimum Gasteiger partial charge on any atom is -0.415 e. The van der Waals surface area contributed by atoms with E-state index in [2.05, 4.69) is 30.5 Å². The van der Waals surface area contributed by atoms with E-state index in [-0.39, 0.29) is 24.7 Å². The average Bonchev–Trinajstić information content (AvgIpc) is 3.47. The van der Waals surface area contributed by atoms with Crippen LogP contribution < -0.4 is 5.32 Å². The van der Waals surface area contributed by atoms with Gasteiger partial charge in [-0.2, -0.15) is 26.3 Å². The van der Waals surface area contributed by atoms with Gasteiger partial charge >= 0.3 is 18.0 Å². The van der Waals surface area contributed by atoms with Crippen molar-refractivity contribution in [2.45, 2.75) is 49.9 Å². The van der Waals surface area contributed by atoms with Gasteiger partial charge < -0.3 is 14.5 Å². The van der Waals surface area contributed by atoms with Crippen molar-refractivity contribution in [3.63, 3.8) is 0 Å². The largest absolute Gasteiger partial charge is 0.426 e. The lowest BCUT2D eigenvalue weighted by molar-refractivity contribution is -0.384. The molecule has 230 valence electrons. The summed E-state index contributed by atoms with van der Waals surface area (Å²) in [6, 6.07) is 8.57. The second-order valence-electron chi connectivity index (χ2n) is 9.57. The van der Waals surface area contributed by atoms with E-state index >= 15 is 0 Å². The molecule has 0 radical (unpaired) electrons. The second-order valence-corrected chi connectivity index (χ2v) is 9.57. The van der Waals surface area contributed by atoms with Gasteiger partial charge in [0.25, 0.3) is 11.8 Å². The molecule has 17 heteroatoms. The van der Waals surface area contributed by atoms with Crippen molar-refractivity contribution in [2.24, 2.45) is 0 Å². The molecule has 11 nitrogen and oxygen atoms in total. The summed E-state index contributed by atoms with van der Waals surface area (Å²) in [4.78, 5) is 22.6. The van der Waals surface area contributed by atoms with Gasteiger partial charge in [-0.05, 0) is 30.9 Å². The molecule has 4 heterocycles. The third-order valence-electron chi connectivity index (χ3n) is 6.67. The lowest BCUT2D eigenvalue weighted by atomic mass is 9.95. The Morgan fingerprint density at radius 1 is 1.05 bits per heavy atom. The molecule has 0 aliphatic carbocycles. The number of hydrogen-bond donors (Lipinski definition) is 1. The Hall–Kier alpha value is -4.93. The maximum absolute atomic E-state index is 14.9. The van der Waals surface area contributed by atoms with Crippen LogP contribution in [-0.4, -0.2) is 36.2 Å². The summed E-state index contributed by atoms with van der Waals surface area (Å²) in [7, 11) is 0. The molecule has 4 bridgehead atoms. The summed E-state index contributed by atoms with van der Waals surface area (Å²) >= 11 is 0. The maximum atomic E-state index is 14.9. The van der Waals surface area contributed by atoms with Crippen molar-refractivity contribution in [2.75, 3.05) is 5.32 Å². The Bertz CT molecular complexity index is 1650. The summed E-state index contributed by atoms with van der Waals surface area (Å²) in [6.45, 7) is -0.526. The van der Waals surface area contributed by atoms with Crippen molar-refractivity contribution >= 4 is 11.5 Å². The van der Waals surface area contributed by atoms with Gasteiger partial charge in [-0.15, -0.1) is 10.2 Å². The van der Waals surface area contributed by atoms with Crippen molar-refractivity contribution in [1.29, 1.82) is 0 Å². The van der Waals surface area contributed by atoms with Gasteiger partial charge in [0.1, 0.15) is 11.4 Å². The minimum absolute atomic E-state index is 0.0370. The first-order valence-electron chi connectivity index (χ1n) is 12.9. The van der Waals surface area contributed by atoms with Gasteiger partial charge in [-0.1, -0.05) is 42.5 Å². The maximum Gasteiger partial charge on any atom is 0.426 e. The Morgan fingerprint density at radius 3 is 2.43 bits per heavy atom. The lowest BCUT2D eigenvalue weighted by Gasteiger charge is -2.32. The molecule has 0 amide bonds. The van der Waals surface area contributed by atoms with Gasteiger partial charge in [0.05, 0.1) is 17.6 Å². The molecule has 5 rings (SSSR count). The number of fused-ring (bicyclic) bond motifs is 5. The van der Waals surface area contributed by atoms with Crippen LogP contribution in [0.3, 0.4) is 0 Å². The molecular formula is C27H21F6N7O4. The highest BCUT2D eigenvalue weighted by Crippen LogP contribution is 2.47. The van der Waals surface area contributed by atoms with E-state index in [9.17, 15) is 36.5 Å². The van der Waals surface area contributed by atoms with Gasteiger partial charge in [0.15, 0.2) is 5.82 Å². The van der Waals surface area contributed by atoms with E-state index in [0.29, 0.717) is 5.56 Å². The smallest absolute Gasteiger partial charge is 0.415 e. The van der Waals surface area contributed by atoms with Crippen LogP contribution in [0.25, 0.3) is 11.6 Å². The zero-order valence-corrected chi connectivity index (χ0v) is 22.3. The molecule has 1 unspecified atom stereocenters. The first kappa shape index (κ1) is 30.5. The number of ether oxygens (including phenoxy) is 1. The highest BCUT2D eigenvalue weighted by atomic mass is 19.4. The number of nitro groups is 1. The zero-order chi connectivity index (χ0) is 31.5. The fraction of sp³-hybridized carbons (Fsp3) is 0.296. The van der Waals surface area contributed by atoms with Crippen LogP contribution in [0.15, 0.2) is 71.4 Å². The average molecular weight is 621 g/mol. The predicted octanol–water partition coefficient (Wildman–Crippen LogP) is 6.72. The number of allylic oxidation sites excluding steroid dienone is 1. The normalized spacial score (nSPS) is 19.2. The molecule has 0 saturated heterocycles. The number of hydrogen-bond acceptors (Lipinski definition) is 10. The summed E-state index contributed by atoms with van der Waals surface area (Å²) in [6.07, 6.45) is -5.80. The Kier molecular flexibility index (Phi) is 8.31. The highest BCUT2D eigenvalue weighted by Gasteiger charge is 2.61. The molecule has 2 atom stereocenters. The fourth-order valence-electron chi connectivity index (χ4n) is 4.50. The topological polar surface area (TPSA) is 142 Å². The zero-order valence-electron chi connectivity index (χ0n) is 22.3. The Morgan fingerprint density at radius 2 is 1.77 bits per heavy atom. The van der Waals surface area contributed by atoms with E-state index in [1.54, 1.807) is 30.3 Å². The van der Waals surface area contributed by atoms with Gasteiger partial charge in [0, 0.05) is 18.5 Å². The van der Waals surface area contributed by atoms with Crippen LogP contribution in [0.4, 0.5) is 37.8 Å². The molecule has 1 aliphatic rings. The number of halogens is 6. The quantitative estimate of drug-likeness (QED) is 0.110. The Balaban J connectivity index is 1.71. The molecule has 3 aromatic heterocycles. The van der Waals surface area contributed by atoms with Crippen molar-refractivity contribution < 1.29 is 40.4 Å². The molecule has 1 N–H and O–H groups in total. The van der Waals surface area contributed by atoms with E-state index < -0.39 is 76.5 Å². The Labute approximate surface area is 244 Å². The standard InChI is InChI=1S/C27H21F6N7O4/c28-26(29,30)17-14-19(40(41)42)20-23-38-39-24(44-23)25(27(31,32)33,43-15-16-8-3-1-4-9-16)11-6-2-5-10-18(36-21(17)37-20)22-34-12-7-13-35-22/h1-5,7-9,12-14,18H,6,10-11,15H2,(H,36,37)/t18?,25-/m1/s1. The number of anilines is 1. The van der Waals surface area contributed by atoms with Gasteiger partial charge in [-0.3, -0.25) is 10.1 Å². The van der Waals surface area contributed by atoms with Crippen LogP contribution in [0.1, 0.15) is 48.1 Å². The number of aromatic nitrogens is 5. The third-order valence-corrected chi connectivity index (χ3v) is 6.67. The first-order valence-corrected chi connectivity index (χ1v) is 12.9. The number of rotatable bonds is 5. The SMILES string of the molecule is O=[N+]([O-])c1cc(C(F)(F)F)c2nc1-c1nnc(o1)[C@@](OCc1ccccc1)(C(F)(F)F)CCC=CCC(c1ncccn1)N2. The third kappa shape index (κ3) is 6.22. The molecule has 1 aliphatic heterocycles. The number of nitrogens with one attached hydrogen (secondary N) is 1. The highest BCUT2D eigenvalue weighted by molar-refractivity contribution is 5.68. The van der Waals surface area contributed by atoms with Crippen molar-refractivity contribution in [3.8, 4) is 11.6 Å². The van der Waals surface area contributed by atoms with Gasteiger partial charge in [-0.25, -0.2) is 15.0 Å². The number of nitrogens with zero attached hydrogens (tertiary/aromatic N) is 6. The number of benzene rings is 1. The summed E-state index contributed by atoms with van der Waals surface area (Å²) in [5, 5.41) is 21.5. The van der Waals surface area contributed by atoms with E-state index in [1.165, 1.54) is 30.6 Å². The molecule has 0 fully saturated rings. The second kappa shape index (κ2) is 12.0. The molecule has 4 aromatic rings. The fourth-order valence-corrected chi connectivity index (χ4v) is 4.50. The molecule has 0 spiro atoms. The molecular weight excluding hydrogens is 600 g/mol. The van der Waals surface area contributed by atoms with Crippen LogP contribution >= 0.6 is 0 Å². The molecule has 1 aromatic carbocycles. The van der Waals surface area contributed by atoms with Crippen molar-refractivity contribution in [3.05, 3.63) is 100.0 Å². The van der Waals surface area contributed by atoms with E-state index in [1.807, 2.05) is 0 Å². The minimum atomic E-state index is -5.14. The predicted molar refractivity (Wildman–Crippen MR) is 140 cm³/mol. The van der Waals surface area contributed by atoms with E-state index in [0.717, 1.165) is 0 Å². The summed E-state index contributed by atoms with van der Waals surface area (Å²) in [5.41, 5.74) is -6.41. The first-order chi connectivity index (χ1) is 20.9. The summed E-state index contributed by atoms with van der Waals surface area (Å²) in [5.74, 6) is -2.86. The van der Waals surface area contributed by atoms with Crippen molar-refractivity contribution in [1.82, 2.24) is 25.1 Å². The monoisotopic (exact) mass is 621 g/mol. The lowest BCUT2D eigenvalue weighted by Crippen LogP contribution is -2.45. The van der Waals surface area contributed by atoms with Gasteiger partial charge in [0.2, 0.25) is 11.3 Å². The number of alkyl halides is 6. The van der Waals surface area contributed by atoms with Crippen LogP contribution in [0.2, 0.25) is 0 Å².